The van der Waals surface area contributed by atoms with E-state index in [2.05, 4.69) is 28.2 Å². The lowest BCUT2D eigenvalue weighted by atomic mass is 9.80. The van der Waals surface area contributed by atoms with Crippen LogP contribution in [0.1, 0.15) is 44.2 Å². The number of fused-ring (bicyclic) bond motifs is 2. The Morgan fingerprint density at radius 3 is 2.76 bits per heavy atom. The maximum Gasteiger partial charge on any atom is 0.141 e. The number of nitrogens with one attached hydrogen (secondary N) is 1. The Bertz CT molecular complexity index is 522. The first-order chi connectivity index (χ1) is 10.1. The van der Waals surface area contributed by atoms with Crippen LogP contribution in [-0.4, -0.2) is 13.7 Å². The van der Waals surface area contributed by atoms with Crippen molar-refractivity contribution in [1.29, 1.82) is 0 Å². The van der Waals surface area contributed by atoms with E-state index in [1.807, 2.05) is 6.07 Å². The second kappa shape index (κ2) is 6.25. The third kappa shape index (κ3) is 2.85. The molecule has 1 aromatic carbocycles. The topological polar surface area (TPSA) is 21.3 Å². The third-order valence-corrected chi connectivity index (χ3v) is 5.86. The van der Waals surface area contributed by atoms with Crippen LogP contribution in [-0.2, 0) is 0 Å². The number of ether oxygens (including phenoxy) is 1. The van der Waals surface area contributed by atoms with Crippen LogP contribution in [0, 0.1) is 23.6 Å². The van der Waals surface area contributed by atoms with Crippen molar-refractivity contribution in [2.24, 2.45) is 17.8 Å². The van der Waals surface area contributed by atoms with Gasteiger partial charge in [0.25, 0.3) is 0 Å². The van der Waals surface area contributed by atoms with Gasteiger partial charge in [0.15, 0.2) is 0 Å². The molecule has 1 N–H and O–H groups in total. The van der Waals surface area contributed by atoms with Crippen molar-refractivity contribution in [2.45, 2.75) is 38.6 Å². The average Bonchev–Trinajstić information content (AvgIpc) is 3.10. The van der Waals surface area contributed by atoms with Crippen molar-refractivity contribution < 1.29 is 9.13 Å². The quantitative estimate of drug-likeness (QED) is 0.827. The fourth-order valence-corrected chi connectivity index (χ4v) is 4.74. The maximum absolute atomic E-state index is 13.8. The second-order valence-electron chi connectivity index (χ2n) is 6.38. The second-order valence-corrected chi connectivity index (χ2v) is 7.24. The van der Waals surface area contributed by atoms with Crippen LogP contribution in [0.15, 0.2) is 16.6 Å². The predicted octanol–water partition coefficient (Wildman–Crippen LogP) is 4.68. The number of hydrogen-bond donors (Lipinski definition) is 1. The Morgan fingerprint density at radius 1 is 1.38 bits per heavy atom. The molecule has 0 spiro atoms. The molecule has 2 saturated carbocycles. The van der Waals surface area contributed by atoms with E-state index in [0.717, 1.165) is 23.9 Å². The third-order valence-electron chi connectivity index (χ3n) is 5.25. The van der Waals surface area contributed by atoms with Crippen LogP contribution in [0.4, 0.5) is 4.39 Å². The van der Waals surface area contributed by atoms with Gasteiger partial charge >= 0.3 is 0 Å². The summed E-state index contributed by atoms with van der Waals surface area (Å²) in [5, 5.41) is 3.62. The number of methoxy groups -OCH3 is 1. The van der Waals surface area contributed by atoms with Crippen LogP contribution >= 0.6 is 15.9 Å². The predicted molar refractivity (Wildman–Crippen MR) is 86.0 cm³/mol. The van der Waals surface area contributed by atoms with Gasteiger partial charge in [0.2, 0.25) is 0 Å². The monoisotopic (exact) mass is 355 g/mol. The van der Waals surface area contributed by atoms with Gasteiger partial charge in [0.05, 0.1) is 11.6 Å². The van der Waals surface area contributed by atoms with Crippen molar-refractivity contribution >= 4 is 15.9 Å². The Balaban J connectivity index is 1.95. The first-order valence-corrected chi connectivity index (χ1v) is 8.69. The Labute approximate surface area is 134 Å². The smallest absolute Gasteiger partial charge is 0.141 e. The van der Waals surface area contributed by atoms with E-state index in [1.165, 1.54) is 31.7 Å². The highest BCUT2D eigenvalue weighted by Gasteiger charge is 2.43. The van der Waals surface area contributed by atoms with E-state index >= 15 is 0 Å². The molecule has 0 amide bonds. The van der Waals surface area contributed by atoms with Gasteiger partial charge in [-0.3, -0.25) is 0 Å². The van der Waals surface area contributed by atoms with Crippen molar-refractivity contribution in [3.8, 4) is 5.75 Å². The van der Waals surface area contributed by atoms with Crippen molar-refractivity contribution in [3.05, 3.63) is 28.0 Å². The van der Waals surface area contributed by atoms with Crippen molar-refractivity contribution in [3.63, 3.8) is 0 Å². The molecular formula is C17H23BrFNO. The summed E-state index contributed by atoms with van der Waals surface area (Å²) >= 11 is 3.32. The van der Waals surface area contributed by atoms with Crippen molar-refractivity contribution in [1.82, 2.24) is 5.32 Å². The van der Waals surface area contributed by atoms with E-state index in [0.29, 0.717) is 16.1 Å². The highest BCUT2D eigenvalue weighted by atomic mass is 79.9. The zero-order valence-electron chi connectivity index (χ0n) is 12.7. The highest BCUT2D eigenvalue weighted by molar-refractivity contribution is 9.10. The molecule has 2 nitrogen and oxygen atoms in total. The fraction of sp³-hybridized carbons (Fsp3) is 0.647. The zero-order chi connectivity index (χ0) is 15.0. The molecule has 1 aromatic rings. The molecule has 2 fully saturated rings. The largest absolute Gasteiger partial charge is 0.496 e. The van der Waals surface area contributed by atoms with Gasteiger partial charge in [-0.2, -0.15) is 0 Å². The van der Waals surface area contributed by atoms with E-state index in [-0.39, 0.29) is 11.9 Å². The Hall–Kier alpha value is -0.610. The summed E-state index contributed by atoms with van der Waals surface area (Å²) in [4.78, 5) is 0. The molecule has 2 aliphatic carbocycles. The normalized spacial score (nSPS) is 28.9. The minimum Gasteiger partial charge on any atom is -0.496 e. The molecule has 4 heteroatoms. The number of benzene rings is 1. The molecule has 4 unspecified atom stereocenters. The first kappa shape index (κ1) is 15.3. The van der Waals surface area contributed by atoms with E-state index in [9.17, 15) is 4.39 Å². The van der Waals surface area contributed by atoms with E-state index < -0.39 is 0 Å². The van der Waals surface area contributed by atoms with Gasteiger partial charge in [0.1, 0.15) is 11.6 Å². The zero-order valence-corrected chi connectivity index (χ0v) is 14.2. The molecule has 2 bridgehead atoms. The summed E-state index contributed by atoms with van der Waals surface area (Å²) in [5.41, 5.74) is 1.09. The summed E-state index contributed by atoms with van der Waals surface area (Å²) < 4.78 is 19.7. The molecule has 0 saturated heterocycles. The first-order valence-electron chi connectivity index (χ1n) is 7.90. The van der Waals surface area contributed by atoms with Gasteiger partial charge in [-0.05, 0) is 65.6 Å². The SMILES string of the molecule is CCNC(c1cc(Br)c(F)cc1OC)C1CC2CCC1C2. The maximum atomic E-state index is 13.8. The minimum absolute atomic E-state index is 0.261. The van der Waals surface area contributed by atoms with Gasteiger partial charge < -0.3 is 10.1 Å². The summed E-state index contributed by atoms with van der Waals surface area (Å²) in [5.74, 6) is 2.75. The molecule has 2 aliphatic rings. The molecule has 4 atom stereocenters. The number of hydrogen-bond acceptors (Lipinski definition) is 2. The highest BCUT2D eigenvalue weighted by Crippen LogP contribution is 2.53. The molecule has 0 aliphatic heterocycles. The standard InChI is InChI=1S/C17H23BrFNO/c1-3-20-17(12-7-10-4-5-11(12)6-10)13-8-14(18)15(19)9-16(13)21-2/h8-12,17,20H,3-7H2,1-2H3. The van der Waals surface area contributed by atoms with Crippen LogP contribution in [0.25, 0.3) is 0 Å². The summed E-state index contributed by atoms with van der Waals surface area (Å²) in [6, 6.07) is 3.65. The lowest BCUT2D eigenvalue weighted by Crippen LogP contribution is -2.31. The Kier molecular flexibility index (Phi) is 4.55. The van der Waals surface area contributed by atoms with Gasteiger partial charge in [-0.1, -0.05) is 13.3 Å². The molecule has 3 rings (SSSR count). The number of rotatable bonds is 5. The van der Waals surface area contributed by atoms with E-state index in [4.69, 9.17) is 4.74 Å². The van der Waals surface area contributed by atoms with Crippen LogP contribution in [0.2, 0.25) is 0 Å². The van der Waals surface area contributed by atoms with Crippen LogP contribution < -0.4 is 10.1 Å². The average molecular weight is 356 g/mol. The lowest BCUT2D eigenvalue weighted by molar-refractivity contribution is 0.248. The molecule has 0 aromatic heterocycles. The van der Waals surface area contributed by atoms with Gasteiger partial charge in [-0.15, -0.1) is 0 Å². The summed E-state index contributed by atoms with van der Waals surface area (Å²) in [6.07, 6.45) is 5.41. The molecule has 21 heavy (non-hydrogen) atoms. The lowest BCUT2D eigenvalue weighted by Gasteiger charge is -2.32. The van der Waals surface area contributed by atoms with Gasteiger partial charge in [-0.25, -0.2) is 4.39 Å². The molecule has 0 heterocycles. The van der Waals surface area contributed by atoms with E-state index in [1.54, 1.807) is 7.11 Å². The summed E-state index contributed by atoms with van der Waals surface area (Å²) in [6.45, 7) is 3.04. The van der Waals surface area contributed by atoms with Crippen molar-refractivity contribution in [2.75, 3.05) is 13.7 Å². The van der Waals surface area contributed by atoms with Crippen LogP contribution in [0.3, 0.4) is 0 Å². The molecule has 116 valence electrons. The number of halogens is 2. The van der Waals surface area contributed by atoms with Crippen LogP contribution in [0.5, 0.6) is 5.75 Å². The Morgan fingerprint density at radius 2 is 2.19 bits per heavy atom. The molecule has 0 radical (unpaired) electrons. The minimum atomic E-state index is -0.265. The van der Waals surface area contributed by atoms with Gasteiger partial charge in [0, 0.05) is 17.7 Å². The summed E-state index contributed by atoms with van der Waals surface area (Å²) in [7, 11) is 1.62. The molecular weight excluding hydrogens is 333 g/mol. The fourth-order valence-electron chi connectivity index (χ4n) is 4.38.